The number of carbonyl (C=O) groups excluding carboxylic acids is 2. The molecule has 1 fully saturated rings. The molecule has 0 bridgehead atoms. The smallest absolute Gasteiger partial charge is 0.225 e. The van der Waals surface area contributed by atoms with Crippen molar-refractivity contribution >= 4 is 22.6 Å². The average Bonchev–Trinajstić information content (AvgIpc) is 2.87. The molecule has 0 radical (unpaired) electrons. The van der Waals surface area contributed by atoms with Gasteiger partial charge in [0.05, 0.1) is 6.04 Å². The molecule has 114 valence electrons. The maximum absolute atomic E-state index is 12.2. The van der Waals surface area contributed by atoms with Crippen LogP contribution >= 0.6 is 0 Å². The van der Waals surface area contributed by atoms with E-state index in [0.29, 0.717) is 25.9 Å². The minimum absolute atomic E-state index is 0.00445. The monoisotopic (exact) mass is 296 g/mol. The molecule has 1 aliphatic rings. The highest BCUT2D eigenvalue weighted by Gasteiger charge is 2.30. The highest BCUT2D eigenvalue weighted by atomic mass is 16.2. The first-order valence-electron chi connectivity index (χ1n) is 7.71. The van der Waals surface area contributed by atoms with Crippen LogP contribution < -0.4 is 5.32 Å². The fourth-order valence-corrected chi connectivity index (χ4v) is 2.99. The van der Waals surface area contributed by atoms with Gasteiger partial charge in [-0.15, -0.1) is 0 Å². The fraction of sp³-hybridized carbons (Fsp3) is 0.333. The number of rotatable bonds is 4. The quantitative estimate of drug-likeness (QED) is 0.942. The van der Waals surface area contributed by atoms with E-state index in [4.69, 9.17) is 0 Å². The van der Waals surface area contributed by atoms with Crippen LogP contribution in [0.15, 0.2) is 42.5 Å². The summed E-state index contributed by atoms with van der Waals surface area (Å²) < 4.78 is 0. The van der Waals surface area contributed by atoms with Crippen molar-refractivity contribution in [2.24, 2.45) is 0 Å². The maximum Gasteiger partial charge on any atom is 0.225 e. The SMILES string of the molecule is CCC(=O)N[C@H]1CC(=O)N(Cc2cccc3ccccc23)C1. The van der Waals surface area contributed by atoms with Crippen LogP contribution in [0.5, 0.6) is 0 Å². The summed E-state index contributed by atoms with van der Waals surface area (Å²) in [6.45, 7) is 3.01. The Labute approximate surface area is 130 Å². The van der Waals surface area contributed by atoms with Gasteiger partial charge in [-0.05, 0) is 16.3 Å². The Morgan fingerprint density at radius 3 is 2.82 bits per heavy atom. The summed E-state index contributed by atoms with van der Waals surface area (Å²) in [5.74, 6) is 0.110. The van der Waals surface area contributed by atoms with Crippen LogP contribution in [0.3, 0.4) is 0 Å². The van der Waals surface area contributed by atoms with E-state index in [1.54, 1.807) is 0 Å². The minimum atomic E-state index is -0.0603. The van der Waals surface area contributed by atoms with Gasteiger partial charge in [0.2, 0.25) is 11.8 Å². The Morgan fingerprint density at radius 1 is 1.23 bits per heavy atom. The van der Waals surface area contributed by atoms with Gasteiger partial charge < -0.3 is 10.2 Å². The summed E-state index contributed by atoms with van der Waals surface area (Å²) in [6.07, 6.45) is 0.852. The lowest BCUT2D eigenvalue weighted by molar-refractivity contribution is -0.128. The van der Waals surface area contributed by atoms with Gasteiger partial charge >= 0.3 is 0 Å². The minimum Gasteiger partial charge on any atom is -0.351 e. The van der Waals surface area contributed by atoms with Crippen molar-refractivity contribution in [1.82, 2.24) is 10.2 Å². The molecule has 1 N–H and O–H groups in total. The van der Waals surface area contributed by atoms with Gasteiger partial charge in [-0.2, -0.15) is 0 Å². The van der Waals surface area contributed by atoms with E-state index in [9.17, 15) is 9.59 Å². The molecule has 0 saturated carbocycles. The number of nitrogens with zero attached hydrogens (tertiary/aromatic N) is 1. The van der Waals surface area contributed by atoms with E-state index in [0.717, 1.165) is 5.56 Å². The lowest BCUT2D eigenvalue weighted by Crippen LogP contribution is -2.36. The van der Waals surface area contributed by atoms with Crippen molar-refractivity contribution in [3.63, 3.8) is 0 Å². The molecule has 3 rings (SSSR count). The number of hydrogen-bond donors (Lipinski definition) is 1. The zero-order chi connectivity index (χ0) is 15.5. The summed E-state index contributed by atoms with van der Waals surface area (Å²) in [4.78, 5) is 25.5. The molecular formula is C18H20N2O2. The second-order valence-corrected chi connectivity index (χ2v) is 5.73. The van der Waals surface area contributed by atoms with E-state index in [1.807, 2.05) is 30.0 Å². The van der Waals surface area contributed by atoms with Gasteiger partial charge in [0.1, 0.15) is 0 Å². The van der Waals surface area contributed by atoms with Gasteiger partial charge in [-0.3, -0.25) is 9.59 Å². The van der Waals surface area contributed by atoms with Crippen molar-refractivity contribution in [3.05, 3.63) is 48.0 Å². The number of likely N-dealkylation sites (tertiary alicyclic amines) is 1. The van der Waals surface area contributed by atoms with Crippen molar-refractivity contribution in [2.75, 3.05) is 6.54 Å². The Hall–Kier alpha value is -2.36. The second kappa shape index (κ2) is 6.18. The van der Waals surface area contributed by atoms with Gasteiger partial charge in [-0.25, -0.2) is 0 Å². The van der Waals surface area contributed by atoms with Crippen LogP contribution in [0.4, 0.5) is 0 Å². The lowest BCUT2D eigenvalue weighted by Gasteiger charge is -2.18. The number of fused-ring (bicyclic) bond motifs is 1. The van der Waals surface area contributed by atoms with E-state index >= 15 is 0 Å². The molecular weight excluding hydrogens is 276 g/mol. The zero-order valence-corrected chi connectivity index (χ0v) is 12.7. The van der Waals surface area contributed by atoms with E-state index in [-0.39, 0.29) is 17.9 Å². The number of nitrogens with one attached hydrogen (secondary N) is 1. The van der Waals surface area contributed by atoms with Gasteiger partial charge in [0.25, 0.3) is 0 Å². The number of carbonyl (C=O) groups is 2. The summed E-state index contributed by atoms with van der Waals surface area (Å²) in [6, 6.07) is 14.3. The third kappa shape index (κ3) is 2.96. The third-order valence-electron chi connectivity index (χ3n) is 4.14. The molecule has 22 heavy (non-hydrogen) atoms. The molecule has 2 amide bonds. The summed E-state index contributed by atoms with van der Waals surface area (Å²) >= 11 is 0. The van der Waals surface area contributed by atoms with Crippen LogP contribution in [0.2, 0.25) is 0 Å². The Balaban J connectivity index is 1.75. The van der Waals surface area contributed by atoms with E-state index in [1.165, 1.54) is 10.8 Å². The molecule has 1 heterocycles. The predicted molar refractivity (Wildman–Crippen MR) is 86.2 cm³/mol. The molecule has 2 aromatic rings. The van der Waals surface area contributed by atoms with Gasteiger partial charge in [-0.1, -0.05) is 49.4 Å². The molecule has 0 spiro atoms. The Kier molecular flexibility index (Phi) is 4.09. The fourth-order valence-electron chi connectivity index (χ4n) is 2.99. The summed E-state index contributed by atoms with van der Waals surface area (Å²) in [7, 11) is 0. The molecule has 0 aromatic heterocycles. The summed E-state index contributed by atoms with van der Waals surface area (Å²) in [5, 5.41) is 5.27. The summed E-state index contributed by atoms with van der Waals surface area (Å²) in [5.41, 5.74) is 1.15. The topological polar surface area (TPSA) is 49.4 Å². The number of amides is 2. The van der Waals surface area contributed by atoms with Crippen LogP contribution in [0.1, 0.15) is 25.3 Å². The molecule has 0 aliphatic carbocycles. The predicted octanol–water partition coefficient (Wildman–Crippen LogP) is 2.47. The van der Waals surface area contributed by atoms with E-state index in [2.05, 4.69) is 29.6 Å². The molecule has 1 atom stereocenters. The maximum atomic E-state index is 12.2. The largest absolute Gasteiger partial charge is 0.351 e. The molecule has 1 aliphatic heterocycles. The van der Waals surface area contributed by atoms with Gasteiger partial charge in [0, 0.05) is 25.9 Å². The van der Waals surface area contributed by atoms with Crippen molar-refractivity contribution in [3.8, 4) is 0 Å². The van der Waals surface area contributed by atoms with Gasteiger partial charge in [0.15, 0.2) is 0 Å². The number of benzene rings is 2. The molecule has 2 aromatic carbocycles. The van der Waals surface area contributed by atoms with Crippen LogP contribution in [-0.4, -0.2) is 29.3 Å². The third-order valence-corrected chi connectivity index (χ3v) is 4.14. The molecule has 0 unspecified atom stereocenters. The zero-order valence-electron chi connectivity index (χ0n) is 12.7. The molecule has 4 heteroatoms. The lowest BCUT2D eigenvalue weighted by atomic mass is 10.0. The second-order valence-electron chi connectivity index (χ2n) is 5.73. The highest BCUT2D eigenvalue weighted by Crippen LogP contribution is 2.22. The highest BCUT2D eigenvalue weighted by molar-refractivity contribution is 5.87. The van der Waals surface area contributed by atoms with Crippen LogP contribution in [-0.2, 0) is 16.1 Å². The first-order valence-corrected chi connectivity index (χ1v) is 7.71. The van der Waals surface area contributed by atoms with Crippen molar-refractivity contribution in [2.45, 2.75) is 32.4 Å². The van der Waals surface area contributed by atoms with Crippen molar-refractivity contribution in [1.29, 1.82) is 0 Å². The van der Waals surface area contributed by atoms with Crippen molar-refractivity contribution < 1.29 is 9.59 Å². The number of hydrogen-bond acceptors (Lipinski definition) is 2. The van der Waals surface area contributed by atoms with Crippen LogP contribution in [0, 0.1) is 0 Å². The Morgan fingerprint density at radius 2 is 2.00 bits per heavy atom. The van der Waals surface area contributed by atoms with Crippen LogP contribution in [0.25, 0.3) is 10.8 Å². The Bertz CT molecular complexity index is 706. The standard InChI is InChI=1S/C18H20N2O2/c1-2-17(21)19-15-10-18(22)20(12-15)11-14-8-5-7-13-6-3-4-9-16(13)14/h3-9,15H,2,10-12H2,1H3,(H,19,21)/t15-/m0/s1. The first kappa shape index (κ1) is 14.6. The molecule has 1 saturated heterocycles. The average molecular weight is 296 g/mol. The van der Waals surface area contributed by atoms with E-state index < -0.39 is 0 Å². The normalized spacial score (nSPS) is 18.0. The molecule has 4 nitrogen and oxygen atoms in total. The first-order chi connectivity index (χ1) is 10.7.